The second-order valence-corrected chi connectivity index (χ2v) is 7.67. The van der Waals surface area contributed by atoms with Crippen LogP contribution in [-0.2, 0) is 0 Å². The molecule has 4 rings (SSSR count). The lowest BCUT2D eigenvalue weighted by atomic mass is 9.84. The molecular formula is C18H21ClF2N2O. The van der Waals surface area contributed by atoms with Crippen molar-refractivity contribution >= 4 is 11.6 Å². The number of nitrogens with one attached hydrogen (secondary N) is 1. The van der Waals surface area contributed by atoms with Crippen LogP contribution in [0.25, 0.3) is 0 Å². The van der Waals surface area contributed by atoms with Gasteiger partial charge in [-0.05, 0) is 42.6 Å². The highest BCUT2D eigenvalue weighted by Gasteiger charge is 2.54. The van der Waals surface area contributed by atoms with Gasteiger partial charge in [-0.3, -0.25) is 0 Å². The zero-order chi connectivity index (χ0) is 17.1. The fraction of sp³-hybridized carbons (Fsp3) is 0.556. The van der Waals surface area contributed by atoms with Gasteiger partial charge in [-0.1, -0.05) is 24.6 Å². The Morgan fingerprint density at radius 2 is 2.12 bits per heavy atom. The fourth-order valence-electron chi connectivity index (χ4n) is 4.34. The molecule has 0 radical (unpaired) electrons. The molecule has 130 valence electrons. The molecule has 4 unspecified atom stereocenters. The van der Waals surface area contributed by atoms with E-state index in [0.717, 1.165) is 22.8 Å². The fourth-order valence-corrected chi connectivity index (χ4v) is 4.56. The van der Waals surface area contributed by atoms with Gasteiger partial charge in [0.2, 0.25) is 0 Å². The van der Waals surface area contributed by atoms with Crippen LogP contribution in [-0.4, -0.2) is 41.2 Å². The van der Waals surface area contributed by atoms with Crippen LogP contribution in [0.4, 0.5) is 8.78 Å². The van der Waals surface area contributed by atoms with Gasteiger partial charge in [0.1, 0.15) is 6.04 Å². The van der Waals surface area contributed by atoms with Gasteiger partial charge < -0.3 is 15.3 Å². The van der Waals surface area contributed by atoms with Crippen molar-refractivity contribution in [1.29, 1.82) is 0 Å². The van der Waals surface area contributed by atoms with Crippen molar-refractivity contribution < 1.29 is 13.9 Å². The van der Waals surface area contributed by atoms with Gasteiger partial charge in [0.15, 0.2) is 0 Å². The summed E-state index contributed by atoms with van der Waals surface area (Å²) in [6.45, 7) is 1.89. The summed E-state index contributed by atoms with van der Waals surface area (Å²) in [5.41, 5.74) is 2.84. The number of β-amino-alcohol motifs (C(OH)–C–C–N with tert-alkyl or cyclic N) is 1. The Bertz CT molecular complexity index is 683. The molecule has 2 heterocycles. The van der Waals surface area contributed by atoms with Crippen molar-refractivity contribution in [3.05, 3.63) is 46.3 Å². The van der Waals surface area contributed by atoms with Crippen LogP contribution in [0, 0.1) is 11.8 Å². The lowest BCUT2D eigenvalue weighted by Gasteiger charge is -2.44. The molecule has 0 aromatic heterocycles. The second kappa shape index (κ2) is 5.68. The number of fused-ring (bicyclic) bond motifs is 2. The molecule has 1 saturated heterocycles. The summed E-state index contributed by atoms with van der Waals surface area (Å²) in [6, 6.07) is -1.25. The summed E-state index contributed by atoms with van der Waals surface area (Å²) in [6.07, 6.45) is 8.01. The van der Waals surface area contributed by atoms with Gasteiger partial charge in [0.25, 0.3) is 5.92 Å². The van der Waals surface area contributed by atoms with E-state index in [0.29, 0.717) is 12.3 Å². The van der Waals surface area contributed by atoms with E-state index < -0.39 is 24.6 Å². The van der Waals surface area contributed by atoms with Gasteiger partial charge in [0, 0.05) is 28.9 Å². The van der Waals surface area contributed by atoms with Gasteiger partial charge in [-0.25, -0.2) is 8.78 Å². The first-order valence-corrected chi connectivity index (χ1v) is 8.79. The largest absolute Gasteiger partial charge is 0.389 e. The van der Waals surface area contributed by atoms with E-state index >= 15 is 0 Å². The number of alkyl halides is 2. The summed E-state index contributed by atoms with van der Waals surface area (Å²) in [7, 11) is 0. The summed E-state index contributed by atoms with van der Waals surface area (Å²) in [5, 5.41) is 13.7. The van der Waals surface area contributed by atoms with E-state index in [1.807, 2.05) is 12.2 Å². The Hall–Kier alpha value is -1.17. The molecule has 0 aromatic carbocycles. The molecule has 3 nitrogen and oxygen atoms in total. The molecule has 0 bridgehead atoms. The minimum Gasteiger partial charge on any atom is -0.389 e. The first-order chi connectivity index (χ1) is 11.4. The number of aliphatic hydroxyl groups is 1. The lowest BCUT2D eigenvalue weighted by Crippen LogP contribution is -2.63. The Kier molecular flexibility index (Phi) is 3.86. The molecular weight excluding hydrogens is 334 g/mol. The highest BCUT2D eigenvalue weighted by atomic mass is 35.5. The quantitative estimate of drug-likeness (QED) is 0.759. The second-order valence-electron chi connectivity index (χ2n) is 7.19. The molecule has 24 heavy (non-hydrogen) atoms. The van der Waals surface area contributed by atoms with E-state index in [1.54, 1.807) is 11.0 Å². The number of allylic oxidation sites excluding steroid dienone is 6. The maximum atomic E-state index is 14.7. The third-order valence-electron chi connectivity index (χ3n) is 5.39. The number of hydrogen-bond donors (Lipinski definition) is 2. The SMILES string of the molecule is CC1C=CC2=C(C1)C1CC(Cl)=CC=C1N2C1C(O)CNCC1(F)F. The molecule has 4 atom stereocenters. The minimum absolute atomic E-state index is 0.0442. The lowest BCUT2D eigenvalue weighted by molar-refractivity contribution is -0.123. The smallest absolute Gasteiger partial charge is 0.283 e. The maximum absolute atomic E-state index is 14.7. The standard InChI is InChI=1S/C18H21ClF2N2O/c1-10-2-4-14-12(6-10)13-7-11(19)3-5-15(13)23(14)17-16(24)8-22-9-18(17,20)21/h2-5,10,13,16-17,22,24H,6-9H2,1H3. The van der Waals surface area contributed by atoms with Crippen LogP contribution < -0.4 is 5.32 Å². The van der Waals surface area contributed by atoms with Crippen molar-refractivity contribution in [2.45, 2.75) is 37.8 Å². The van der Waals surface area contributed by atoms with Gasteiger partial charge in [-0.15, -0.1) is 0 Å². The Morgan fingerprint density at radius 1 is 1.33 bits per heavy atom. The number of aliphatic hydroxyl groups excluding tert-OH is 1. The number of hydrogen-bond acceptors (Lipinski definition) is 3. The zero-order valence-electron chi connectivity index (χ0n) is 13.5. The molecule has 0 spiro atoms. The van der Waals surface area contributed by atoms with Crippen LogP contribution in [0.1, 0.15) is 19.8 Å². The van der Waals surface area contributed by atoms with Crippen molar-refractivity contribution in [3.8, 4) is 0 Å². The maximum Gasteiger partial charge on any atom is 0.283 e. The summed E-state index contributed by atoms with van der Waals surface area (Å²) >= 11 is 6.22. The first-order valence-electron chi connectivity index (χ1n) is 8.42. The predicted molar refractivity (Wildman–Crippen MR) is 89.5 cm³/mol. The number of halogens is 3. The third-order valence-corrected chi connectivity index (χ3v) is 5.67. The minimum atomic E-state index is -3.01. The average Bonchev–Trinajstić information content (AvgIpc) is 2.80. The number of piperidine rings is 1. The summed E-state index contributed by atoms with van der Waals surface area (Å²) in [4.78, 5) is 1.69. The van der Waals surface area contributed by atoms with E-state index in [2.05, 4.69) is 18.3 Å². The Labute approximate surface area is 145 Å². The van der Waals surface area contributed by atoms with Crippen LogP contribution in [0.5, 0.6) is 0 Å². The molecule has 6 heteroatoms. The molecule has 2 aliphatic carbocycles. The van der Waals surface area contributed by atoms with E-state index in [-0.39, 0.29) is 12.5 Å². The van der Waals surface area contributed by atoms with Crippen LogP contribution in [0.15, 0.2) is 46.3 Å². The van der Waals surface area contributed by atoms with Crippen molar-refractivity contribution in [2.24, 2.45) is 11.8 Å². The van der Waals surface area contributed by atoms with Gasteiger partial charge >= 0.3 is 0 Å². The van der Waals surface area contributed by atoms with E-state index in [1.165, 1.54) is 5.57 Å². The van der Waals surface area contributed by atoms with Crippen LogP contribution >= 0.6 is 11.6 Å². The molecule has 4 aliphatic rings. The normalized spacial score (nSPS) is 37.8. The molecule has 1 fully saturated rings. The number of nitrogens with zero attached hydrogens (tertiary/aromatic N) is 1. The monoisotopic (exact) mass is 354 g/mol. The predicted octanol–water partition coefficient (Wildman–Crippen LogP) is 3.15. The van der Waals surface area contributed by atoms with Crippen LogP contribution in [0.2, 0.25) is 0 Å². The molecule has 2 N–H and O–H groups in total. The van der Waals surface area contributed by atoms with Crippen molar-refractivity contribution in [1.82, 2.24) is 10.2 Å². The first kappa shape index (κ1) is 16.3. The van der Waals surface area contributed by atoms with Crippen molar-refractivity contribution in [2.75, 3.05) is 13.1 Å². The molecule has 2 aliphatic heterocycles. The topological polar surface area (TPSA) is 35.5 Å². The van der Waals surface area contributed by atoms with Crippen molar-refractivity contribution in [3.63, 3.8) is 0 Å². The molecule has 0 saturated carbocycles. The number of rotatable bonds is 1. The molecule has 0 aromatic rings. The zero-order valence-corrected chi connectivity index (χ0v) is 14.2. The Morgan fingerprint density at radius 3 is 2.88 bits per heavy atom. The molecule has 0 amide bonds. The highest BCUT2D eigenvalue weighted by Crippen LogP contribution is 2.51. The summed E-state index contributed by atoms with van der Waals surface area (Å²) < 4.78 is 29.3. The van der Waals surface area contributed by atoms with E-state index in [4.69, 9.17) is 11.6 Å². The average molecular weight is 355 g/mol. The summed E-state index contributed by atoms with van der Waals surface area (Å²) in [5.74, 6) is -2.58. The van der Waals surface area contributed by atoms with Gasteiger partial charge in [0.05, 0.1) is 12.6 Å². The third kappa shape index (κ3) is 2.45. The Balaban J connectivity index is 1.82. The van der Waals surface area contributed by atoms with E-state index in [9.17, 15) is 13.9 Å². The van der Waals surface area contributed by atoms with Crippen LogP contribution in [0.3, 0.4) is 0 Å². The van der Waals surface area contributed by atoms with Gasteiger partial charge in [-0.2, -0.15) is 0 Å². The highest BCUT2D eigenvalue weighted by molar-refractivity contribution is 6.29.